The van der Waals surface area contributed by atoms with Gasteiger partial charge in [0.05, 0.1) is 28.4 Å². The lowest BCUT2D eigenvalue weighted by molar-refractivity contribution is 0.174. The second kappa shape index (κ2) is 6.88. The summed E-state index contributed by atoms with van der Waals surface area (Å²) in [6.45, 7) is 0.145. The van der Waals surface area contributed by atoms with Crippen LogP contribution in [-0.2, 0) is 0 Å². The van der Waals surface area contributed by atoms with Gasteiger partial charge in [0.1, 0.15) is 11.0 Å². The summed E-state index contributed by atoms with van der Waals surface area (Å²) in [7, 11) is 5.80. The van der Waals surface area contributed by atoms with Gasteiger partial charge in [0, 0.05) is 11.6 Å². The third-order valence-corrected chi connectivity index (χ3v) is 4.48. The molecule has 0 radical (unpaired) electrons. The molecule has 0 unspecified atom stereocenters. The van der Waals surface area contributed by atoms with Crippen molar-refractivity contribution in [3.05, 3.63) is 34.5 Å². The Bertz CT molecular complexity index is 1120. The molecular formula is C20H18O8. The maximum Gasteiger partial charge on any atom is 0.239 e. The molecule has 0 atom stereocenters. The van der Waals surface area contributed by atoms with Gasteiger partial charge < -0.3 is 32.8 Å². The summed E-state index contributed by atoms with van der Waals surface area (Å²) in [5.74, 6) is 2.36. The summed E-state index contributed by atoms with van der Waals surface area (Å²) in [4.78, 5) is 13.2. The second-order valence-corrected chi connectivity index (χ2v) is 5.88. The Balaban J connectivity index is 2.05. The maximum absolute atomic E-state index is 13.2. The van der Waals surface area contributed by atoms with Crippen LogP contribution in [0.4, 0.5) is 0 Å². The van der Waals surface area contributed by atoms with Crippen LogP contribution >= 0.6 is 0 Å². The molecule has 146 valence electrons. The number of benzene rings is 2. The minimum Gasteiger partial charge on any atom is -0.493 e. The van der Waals surface area contributed by atoms with Crippen molar-refractivity contribution >= 4 is 11.0 Å². The molecule has 0 aliphatic carbocycles. The van der Waals surface area contributed by atoms with Crippen LogP contribution in [0.3, 0.4) is 0 Å². The predicted molar refractivity (Wildman–Crippen MR) is 100 cm³/mol. The van der Waals surface area contributed by atoms with Gasteiger partial charge in [0.2, 0.25) is 23.7 Å². The second-order valence-electron chi connectivity index (χ2n) is 5.88. The van der Waals surface area contributed by atoms with Crippen LogP contribution in [0, 0.1) is 0 Å². The van der Waals surface area contributed by atoms with Gasteiger partial charge in [-0.2, -0.15) is 0 Å². The molecule has 4 rings (SSSR count). The highest BCUT2D eigenvalue weighted by Crippen LogP contribution is 2.45. The van der Waals surface area contributed by atoms with E-state index in [4.69, 9.17) is 32.8 Å². The molecule has 0 fully saturated rings. The van der Waals surface area contributed by atoms with Crippen molar-refractivity contribution in [2.45, 2.75) is 0 Å². The number of fused-ring (bicyclic) bond motifs is 2. The van der Waals surface area contributed by atoms with E-state index in [1.54, 1.807) is 24.3 Å². The van der Waals surface area contributed by atoms with Gasteiger partial charge >= 0.3 is 0 Å². The fourth-order valence-electron chi connectivity index (χ4n) is 3.22. The molecule has 1 aliphatic heterocycles. The first kappa shape index (κ1) is 17.8. The Labute approximate surface area is 160 Å². The third-order valence-electron chi connectivity index (χ3n) is 4.48. The van der Waals surface area contributed by atoms with E-state index in [2.05, 4.69) is 0 Å². The average molecular weight is 386 g/mol. The predicted octanol–water partition coefficient (Wildman–Crippen LogP) is 3.22. The van der Waals surface area contributed by atoms with Crippen LogP contribution in [0.5, 0.6) is 34.5 Å². The summed E-state index contributed by atoms with van der Waals surface area (Å²) in [5.41, 5.74) is 0.482. The lowest BCUT2D eigenvalue weighted by atomic mass is 10.1. The fraction of sp³-hybridized carbons (Fsp3) is 0.250. The van der Waals surface area contributed by atoms with Crippen molar-refractivity contribution in [2.75, 3.05) is 35.2 Å². The van der Waals surface area contributed by atoms with Crippen LogP contribution in [0.1, 0.15) is 0 Å². The molecule has 0 saturated carbocycles. The zero-order chi connectivity index (χ0) is 19.8. The molecule has 0 N–H and O–H groups in total. The number of hydrogen-bond acceptors (Lipinski definition) is 8. The van der Waals surface area contributed by atoms with E-state index in [1.165, 1.54) is 28.4 Å². The summed E-state index contributed by atoms with van der Waals surface area (Å²) >= 11 is 0. The highest BCUT2D eigenvalue weighted by Gasteiger charge is 2.26. The molecule has 1 aromatic heterocycles. The first-order valence-electron chi connectivity index (χ1n) is 8.36. The van der Waals surface area contributed by atoms with Crippen molar-refractivity contribution in [1.82, 2.24) is 0 Å². The van der Waals surface area contributed by atoms with Crippen molar-refractivity contribution in [1.29, 1.82) is 0 Å². The van der Waals surface area contributed by atoms with E-state index < -0.39 is 5.43 Å². The first-order valence-corrected chi connectivity index (χ1v) is 8.36. The Morgan fingerprint density at radius 3 is 2.21 bits per heavy atom. The van der Waals surface area contributed by atoms with E-state index in [1.807, 2.05) is 0 Å². The zero-order valence-electron chi connectivity index (χ0n) is 15.8. The molecule has 28 heavy (non-hydrogen) atoms. The molecule has 0 bridgehead atoms. The molecule has 8 heteroatoms. The van der Waals surface area contributed by atoms with Gasteiger partial charge in [0.15, 0.2) is 28.8 Å². The molecule has 0 saturated heterocycles. The van der Waals surface area contributed by atoms with E-state index in [0.717, 1.165) is 0 Å². The van der Waals surface area contributed by atoms with Crippen molar-refractivity contribution in [3.8, 4) is 45.8 Å². The van der Waals surface area contributed by atoms with E-state index >= 15 is 0 Å². The van der Waals surface area contributed by atoms with Crippen LogP contribution in [-0.4, -0.2) is 35.2 Å². The van der Waals surface area contributed by atoms with E-state index in [0.29, 0.717) is 28.6 Å². The van der Waals surface area contributed by atoms with Gasteiger partial charge in [-0.1, -0.05) is 0 Å². The van der Waals surface area contributed by atoms with Crippen molar-refractivity contribution in [2.24, 2.45) is 0 Å². The lowest BCUT2D eigenvalue weighted by Crippen LogP contribution is -2.10. The monoisotopic (exact) mass is 386 g/mol. The Morgan fingerprint density at radius 2 is 1.54 bits per heavy atom. The topological polar surface area (TPSA) is 85.6 Å². The minimum absolute atomic E-state index is 0.0388. The van der Waals surface area contributed by atoms with Crippen LogP contribution in [0.2, 0.25) is 0 Å². The van der Waals surface area contributed by atoms with Gasteiger partial charge in [-0.05, 0) is 18.2 Å². The SMILES string of the molecule is COc1cc2oc(-c3ccc4c(c3)OCO4)c(OC)c(=O)c2c(OC)c1OC. The molecule has 0 spiro atoms. The largest absolute Gasteiger partial charge is 0.493 e. The van der Waals surface area contributed by atoms with E-state index in [-0.39, 0.29) is 35.0 Å². The maximum atomic E-state index is 13.2. The molecule has 1 aliphatic rings. The highest BCUT2D eigenvalue weighted by atomic mass is 16.7. The summed E-state index contributed by atoms with van der Waals surface area (Å²) < 4.78 is 38.3. The number of methoxy groups -OCH3 is 4. The highest BCUT2D eigenvalue weighted by molar-refractivity contribution is 5.92. The molecule has 2 heterocycles. The number of ether oxygens (including phenoxy) is 6. The lowest BCUT2D eigenvalue weighted by Gasteiger charge is -2.16. The van der Waals surface area contributed by atoms with Gasteiger partial charge in [-0.15, -0.1) is 0 Å². The number of rotatable bonds is 5. The standard InChI is InChI=1S/C20H18O8/c1-22-14-8-13-15(19(24-3)18(14)23-2)16(21)20(25-4)17(28-13)10-5-6-11-12(7-10)27-9-26-11/h5-8H,9H2,1-4H3. The number of hydrogen-bond donors (Lipinski definition) is 0. The Kier molecular flexibility index (Phi) is 4.38. The van der Waals surface area contributed by atoms with Crippen LogP contribution < -0.4 is 33.8 Å². The summed E-state index contributed by atoms with van der Waals surface area (Å²) in [6, 6.07) is 6.82. The van der Waals surface area contributed by atoms with Gasteiger partial charge in [0.25, 0.3) is 0 Å². The third kappa shape index (κ3) is 2.57. The van der Waals surface area contributed by atoms with Crippen molar-refractivity contribution < 1.29 is 32.8 Å². The Morgan fingerprint density at radius 1 is 0.821 bits per heavy atom. The van der Waals surface area contributed by atoms with Crippen molar-refractivity contribution in [3.63, 3.8) is 0 Å². The molecular weight excluding hydrogens is 368 g/mol. The Hall–Kier alpha value is -3.55. The van der Waals surface area contributed by atoms with Gasteiger partial charge in [-0.25, -0.2) is 0 Å². The molecule has 8 nitrogen and oxygen atoms in total. The normalized spacial score (nSPS) is 12.1. The zero-order valence-corrected chi connectivity index (χ0v) is 15.8. The fourth-order valence-corrected chi connectivity index (χ4v) is 3.22. The first-order chi connectivity index (χ1) is 13.6. The quantitative estimate of drug-likeness (QED) is 0.661. The van der Waals surface area contributed by atoms with Crippen LogP contribution in [0.15, 0.2) is 33.5 Å². The average Bonchev–Trinajstić information content (AvgIpc) is 3.19. The smallest absolute Gasteiger partial charge is 0.239 e. The summed E-state index contributed by atoms with van der Waals surface area (Å²) in [5, 5.41) is 0.196. The molecule has 3 aromatic rings. The van der Waals surface area contributed by atoms with Crippen LogP contribution in [0.25, 0.3) is 22.3 Å². The van der Waals surface area contributed by atoms with Gasteiger partial charge in [-0.3, -0.25) is 4.79 Å². The van der Waals surface area contributed by atoms with E-state index in [9.17, 15) is 4.79 Å². The summed E-state index contributed by atoms with van der Waals surface area (Å²) in [6.07, 6.45) is 0. The molecule has 2 aromatic carbocycles. The molecule has 0 amide bonds. The minimum atomic E-state index is -0.394.